The summed E-state index contributed by atoms with van der Waals surface area (Å²) >= 11 is 0. The zero-order chi connectivity index (χ0) is 20.2. The number of nitriles is 1. The lowest BCUT2D eigenvalue weighted by molar-refractivity contribution is 0.298. The third-order valence-corrected chi connectivity index (χ3v) is 4.52. The number of hydrogen-bond acceptors (Lipinski definition) is 4. The van der Waals surface area contributed by atoms with E-state index in [0.717, 1.165) is 18.6 Å². The summed E-state index contributed by atoms with van der Waals surface area (Å²) in [6.45, 7) is 1.27. The Morgan fingerprint density at radius 2 is 1.89 bits per heavy atom. The molecule has 0 aliphatic heterocycles. The second-order valence-electron chi connectivity index (χ2n) is 6.76. The third kappa shape index (κ3) is 7.29. The lowest BCUT2D eigenvalue weighted by Crippen LogP contribution is -2.38. The van der Waals surface area contributed by atoms with E-state index >= 15 is 0 Å². The maximum Gasteiger partial charge on any atom is 0.204 e. The Kier molecular flexibility index (Phi) is 8.83. The Hall–Kier alpha value is -3.04. The van der Waals surface area contributed by atoms with Crippen molar-refractivity contribution in [2.45, 2.75) is 18.9 Å². The summed E-state index contributed by atoms with van der Waals surface area (Å²) < 4.78 is 5.25. The molecule has 2 N–H and O–H groups in total. The van der Waals surface area contributed by atoms with Gasteiger partial charge in [0.1, 0.15) is 5.75 Å². The first-order chi connectivity index (χ1) is 13.6. The average Bonchev–Trinajstić information content (AvgIpc) is 2.71. The normalized spacial score (nSPS) is 12.3. The molecular weight excluding hydrogens is 350 g/mol. The fourth-order valence-electron chi connectivity index (χ4n) is 2.84. The minimum absolute atomic E-state index is 0.248. The van der Waals surface area contributed by atoms with Crippen LogP contribution in [0.4, 0.5) is 0 Å². The number of rotatable bonds is 9. The second kappa shape index (κ2) is 11.6. The largest absolute Gasteiger partial charge is 0.497 e. The average molecular weight is 380 g/mol. The Balaban J connectivity index is 1.92. The van der Waals surface area contributed by atoms with Crippen molar-refractivity contribution in [3.8, 4) is 11.9 Å². The summed E-state index contributed by atoms with van der Waals surface area (Å²) in [5.41, 5.74) is 2.44. The first-order valence-corrected chi connectivity index (χ1v) is 9.39. The number of likely N-dealkylation sites (N-methyl/N-ethyl adjacent to an activating group) is 1. The van der Waals surface area contributed by atoms with Crippen molar-refractivity contribution in [2.75, 3.05) is 34.3 Å². The summed E-state index contributed by atoms with van der Waals surface area (Å²) in [6.07, 6.45) is 3.67. The fourth-order valence-corrected chi connectivity index (χ4v) is 2.84. The predicted molar refractivity (Wildman–Crippen MR) is 113 cm³/mol. The van der Waals surface area contributed by atoms with Crippen molar-refractivity contribution >= 4 is 5.96 Å². The Bertz CT molecular complexity index is 783. The van der Waals surface area contributed by atoms with E-state index in [4.69, 9.17) is 10.00 Å². The van der Waals surface area contributed by atoms with Crippen LogP contribution >= 0.6 is 0 Å². The van der Waals surface area contributed by atoms with Gasteiger partial charge in [-0.3, -0.25) is 10.3 Å². The van der Waals surface area contributed by atoms with E-state index in [1.807, 2.05) is 42.6 Å². The lowest BCUT2D eigenvalue weighted by Gasteiger charge is -2.23. The molecule has 6 heteroatoms. The van der Waals surface area contributed by atoms with Gasteiger partial charge in [0.15, 0.2) is 6.19 Å². The molecule has 6 nitrogen and oxygen atoms in total. The van der Waals surface area contributed by atoms with Gasteiger partial charge in [0, 0.05) is 12.6 Å². The van der Waals surface area contributed by atoms with Gasteiger partial charge in [-0.05, 0) is 50.2 Å². The number of ether oxygens (including phenoxy) is 1. The van der Waals surface area contributed by atoms with Gasteiger partial charge in [0.25, 0.3) is 0 Å². The van der Waals surface area contributed by atoms with Crippen LogP contribution < -0.4 is 15.4 Å². The van der Waals surface area contributed by atoms with Crippen molar-refractivity contribution in [3.05, 3.63) is 65.7 Å². The van der Waals surface area contributed by atoms with E-state index in [0.29, 0.717) is 19.0 Å². The van der Waals surface area contributed by atoms with Crippen LogP contribution in [0.5, 0.6) is 5.75 Å². The highest BCUT2D eigenvalue weighted by atomic mass is 16.5. The van der Waals surface area contributed by atoms with Crippen LogP contribution in [-0.4, -0.2) is 51.2 Å². The van der Waals surface area contributed by atoms with E-state index in [1.165, 1.54) is 11.1 Å². The standard InChI is InChI=1S/C22H29N5O/c1-27(2)20(14-18-8-5-4-6-9-18)16-25-22(26-17-23)24-13-12-19-10-7-11-21(15-19)28-3/h4-11,15,20H,12-14,16H2,1-3H3,(H2,24,25,26)/t20-/m0/s1. The maximum absolute atomic E-state index is 9.02. The Morgan fingerprint density at radius 1 is 1.14 bits per heavy atom. The van der Waals surface area contributed by atoms with Crippen LogP contribution in [-0.2, 0) is 12.8 Å². The zero-order valence-electron chi connectivity index (χ0n) is 16.9. The van der Waals surface area contributed by atoms with Gasteiger partial charge in [-0.25, -0.2) is 0 Å². The van der Waals surface area contributed by atoms with E-state index in [2.05, 4.69) is 52.8 Å². The lowest BCUT2D eigenvalue weighted by atomic mass is 10.1. The monoisotopic (exact) mass is 379 g/mol. The van der Waals surface area contributed by atoms with Crippen LogP contribution in [0, 0.1) is 11.5 Å². The van der Waals surface area contributed by atoms with Crippen LogP contribution in [0.25, 0.3) is 0 Å². The first kappa shape index (κ1) is 21.3. The topological polar surface area (TPSA) is 72.7 Å². The van der Waals surface area contributed by atoms with Gasteiger partial charge in [0.2, 0.25) is 5.96 Å². The molecule has 1 atom stereocenters. The molecule has 0 radical (unpaired) electrons. The van der Waals surface area contributed by atoms with Crippen molar-refractivity contribution in [1.29, 1.82) is 5.26 Å². The molecule has 2 aromatic carbocycles. The number of guanidine groups is 1. The summed E-state index contributed by atoms with van der Waals surface area (Å²) in [7, 11) is 5.77. The van der Waals surface area contributed by atoms with Crippen molar-refractivity contribution < 1.29 is 4.74 Å². The molecule has 0 aliphatic rings. The molecule has 2 rings (SSSR count). The van der Waals surface area contributed by atoms with Gasteiger partial charge >= 0.3 is 0 Å². The quantitative estimate of drug-likeness (QED) is 0.303. The van der Waals surface area contributed by atoms with Crippen molar-refractivity contribution in [2.24, 2.45) is 4.99 Å². The molecule has 0 amide bonds. The minimum Gasteiger partial charge on any atom is -0.497 e. The summed E-state index contributed by atoms with van der Waals surface area (Å²) in [6, 6.07) is 18.6. The van der Waals surface area contributed by atoms with Gasteiger partial charge in [0.05, 0.1) is 13.7 Å². The zero-order valence-corrected chi connectivity index (χ0v) is 16.9. The number of nitrogens with one attached hydrogen (secondary N) is 2. The van der Waals surface area contributed by atoms with E-state index in [9.17, 15) is 0 Å². The molecule has 0 fully saturated rings. The highest BCUT2D eigenvalue weighted by Gasteiger charge is 2.12. The van der Waals surface area contributed by atoms with Crippen LogP contribution in [0.3, 0.4) is 0 Å². The summed E-state index contributed by atoms with van der Waals surface area (Å²) in [5.74, 6) is 1.35. The molecule has 0 unspecified atom stereocenters. The van der Waals surface area contributed by atoms with Gasteiger partial charge in [-0.1, -0.05) is 42.5 Å². The molecular formula is C22H29N5O. The van der Waals surface area contributed by atoms with Crippen LogP contribution in [0.1, 0.15) is 11.1 Å². The van der Waals surface area contributed by atoms with E-state index < -0.39 is 0 Å². The van der Waals surface area contributed by atoms with Crippen LogP contribution in [0.2, 0.25) is 0 Å². The molecule has 28 heavy (non-hydrogen) atoms. The maximum atomic E-state index is 9.02. The molecule has 0 aliphatic carbocycles. The van der Waals surface area contributed by atoms with Gasteiger partial charge < -0.3 is 15.0 Å². The molecule has 0 aromatic heterocycles. The second-order valence-corrected chi connectivity index (χ2v) is 6.76. The van der Waals surface area contributed by atoms with E-state index in [-0.39, 0.29) is 6.04 Å². The molecule has 0 saturated carbocycles. The molecule has 0 heterocycles. The van der Waals surface area contributed by atoms with Crippen molar-refractivity contribution in [1.82, 2.24) is 15.5 Å². The number of aliphatic imine (C=N–C) groups is 1. The summed E-state index contributed by atoms with van der Waals surface area (Å²) in [5, 5.41) is 14.9. The minimum atomic E-state index is 0.248. The number of nitrogens with zero attached hydrogens (tertiary/aromatic N) is 3. The van der Waals surface area contributed by atoms with Gasteiger partial charge in [-0.15, -0.1) is 0 Å². The van der Waals surface area contributed by atoms with Crippen molar-refractivity contribution in [3.63, 3.8) is 0 Å². The molecule has 0 saturated heterocycles. The molecule has 0 bridgehead atoms. The third-order valence-electron chi connectivity index (χ3n) is 4.52. The highest BCUT2D eigenvalue weighted by molar-refractivity contribution is 5.81. The molecule has 148 valence electrons. The molecule has 0 spiro atoms. The number of hydrogen-bond donors (Lipinski definition) is 2. The Labute approximate surface area is 167 Å². The SMILES string of the molecule is COc1cccc(CCNC(=NC[C@H](Cc2ccccc2)N(C)C)NC#N)c1. The van der Waals surface area contributed by atoms with E-state index in [1.54, 1.807) is 7.11 Å². The number of benzene rings is 2. The van der Waals surface area contributed by atoms with Crippen LogP contribution in [0.15, 0.2) is 59.6 Å². The first-order valence-electron chi connectivity index (χ1n) is 9.39. The number of methoxy groups -OCH3 is 1. The molecule has 2 aromatic rings. The smallest absolute Gasteiger partial charge is 0.204 e. The Morgan fingerprint density at radius 3 is 2.57 bits per heavy atom. The fraction of sp³-hybridized carbons (Fsp3) is 0.364. The summed E-state index contributed by atoms with van der Waals surface area (Å²) in [4.78, 5) is 6.77. The van der Waals surface area contributed by atoms with Gasteiger partial charge in [-0.2, -0.15) is 5.26 Å². The predicted octanol–water partition coefficient (Wildman–Crippen LogP) is 2.43. The highest BCUT2D eigenvalue weighted by Crippen LogP contribution is 2.12.